The standard InChI is InChI=1S/C12H18N2/c1-9(2)4-5-11(13)12-8-10(3)6-7-14-12/h6-8,11H,1,4-5,13H2,2-3H3. The molecule has 0 spiro atoms. The minimum absolute atomic E-state index is 0.0339. The van der Waals surface area contributed by atoms with Gasteiger partial charge in [-0.2, -0.15) is 0 Å². The van der Waals surface area contributed by atoms with Gasteiger partial charge >= 0.3 is 0 Å². The second kappa shape index (κ2) is 4.91. The molecule has 1 aromatic rings. The molecule has 0 amide bonds. The van der Waals surface area contributed by atoms with Gasteiger partial charge in [-0.25, -0.2) is 0 Å². The smallest absolute Gasteiger partial charge is 0.0573 e. The second-order valence-corrected chi connectivity index (χ2v) is 3.86. The van der Waals surface area contributed by atoms with Crippen LogP contribution in [0.15, 0.2) is 30.5 Å². The van der Waals surface area contributed by atoms with Gasteiger partial charge in [0.25, 0.3) is 0 Å². The van der Waals surface area contributed by atoms with Gasteiger partial charge in [-0.15, -0.1) is 6.58 Å². The SMILES string of the molecule is C=C(C)CCC(N)c1cc(C)ccn1. The number of hydrogen-bond donors (Lipinski definition) is 1. The van der Waals surface area contributed by atoms with Crippen molar-refractivity contribution in [1.82, 2.24) is 4.98 Å². The van der Waals surface area contributed by atoms with Crippen molar-refractivity contribution in [3.05, 3.63) is 41.7 Å². The van der Waals surface area contributed by atoms with Crippen molar-refractivity contribution >= 4 is 0 Å². The molecule has 1 rings (SSSR count). The summed E-state index contributed by atoms with van der Waals surface area (Å²) in [6.45, 7) is 7.94. The second-order valence-electron chi connectivity index (χ2n) is 3.86. The Morgan fingerprint density at radius 3 is 2.93 bits per heavy atom. The van der Waals surface area contributed by atoms with Crippen LogP contribution in [0.1, 0.15) is 37.1 Å². The largest absolute Gasteiger partial charge is 0.323 e. The molecule has 1 heterocycles. The van der Waals surface area contributed by atoms with E-state index in [0.717, 1.165) is 18.5 Å². The molecule has 0 saturated heterocycles. The fourth-order valence-corrected chi connectivity index (χ4v) is 1.31. The lowest BCUT2D eigenvalue weighted by atomic mass is 10.0. The van der Waals surface area contributed by atoms with Gasteiger partial charge in [0, 0.05) is 12.2 Å². The zero-order valence-electron chi connectivity index (χ0n) is 8.96. The number of allylic oxidation sites excluding steroid dienone is 1. The van der Waals surface area contributed by atoms with Crippen molar-refractivity contribution in [3.63, 3.8) is 0 Å². The molecule has 2 nitrogen and oxygen atoms in total. The van der Waals surface area contributed by atoms with Crippen LogP contribution in [-0.4, -0.2) is 4.98 Å². The van der Waals surface area contributed by atoms with Crippen LogP contribution in [0.5, 0.6) is 0 Å². The summed E-state index contributed by atoms with van der Waals surface area (Å²) < 4.78 is 0. The lowest BCUT2D eigenvalue weighted by Crippen LogP contribution is -2.12. The van der Waals surface area contributed by atoms with E-state index in [2.05, 4.69) is 18.5 Å². The number of aryl methyl sites for hydroxylation is 1. The Balaban J connectivity index is 2.60. The maximum absolute atomic E-state index is 6.01. The average molecular weight is 190 g/mol. The molecular formula is C12H18N2. The van der Waals surface area contributed by atoms with E-state index in [4.69, 9.17) is 5.73 Å². The zero-order valence-corrected chi connectivity index (χ0v) is 8.96. The van der Waals surface area contributed by atoms with E-state index in [1.807, 2.05) is 25.3 Å². The van der Waals surface area contributed by atoms with Gasteiger partial charge in [-0.3, -0.25) is 4.98 Å². The molecule has 0 fully saturated rings. The third-order valence-corrected chi connectivity index (χ3v) is 2.20. The van der Waals surface area contributed by atoms with Crippen LogP contribution in [0.25, 0.3) is 0 Å². The molecule has 2 N–H and O–H groups in total. The number of aromatic nitrogens is 1. The van der Waals surface area contributed by atoms with Crippen LogP contribution >= 0.6 is 0 Å². The molecular weight excluding hydrogens is 172 g/mol. The van der Waals surface area contributed by atoms with Crippen LogP contribution in [0.3, 0.4) is 0 Å². The number of hydrogen-bond acceptors (Lipinski definition) is 2. The first-order valence-corrected chi connectivity index (χ1v) is 4.92. The fraction of sp³-hybridized carbons (Fsp3) is 0.417. The molecule has 1 atom stereocenters. The van der Waals surface area contributed by atoms with Crippen molar-refractivity contribution in [2.24, 2.45) is 5.73 Å². The summed E-state index contributed by atoms with van der Waals surface area (Å²) in [5.74, 6) is 0. The highest BCUT2D eigenvalue weighted by atomic mass is 14.8. The summed E-state index contributed by atoms with van der Waals surface area (Å²) in [5, 5.41) is 0. The maximum atomic E-state index is 6.01. The van der Waals surface area contributed by atoms with E-state index >= 15 is 0 Å². The summed E-state index contributed by atoms with van der Waals surface area (Å²) in [6.07, 6.45) is 3.70. The predicted molar refractivity (Wildman–Crippen MR) is 60.0 cm³/mol. The summed E-state index contributed by atoms with van der Waals surface area (Å²) in [7, 11) is 0. The normalized spacial score (nSPS) is 12.5. The van der Waals surface area contributed by atoms with Gasteiger partial charge in [0.05, 0.1) is 5.69 Å². The van der Waals surface area contributed by atoms with Gasteiger partial charge < -0.3 is 5.73 Å². The molecule has 1 aromatic heterocycles. The number of nitrogens with zero attached hydrogens (tertiary/aromatic N) is 1. The third-order valence-electron chi connectivity index (χ3n) is 2.20. The lowest BCUT2D eigenvalue weighted by molar-refractivity contribution is 0.631. The van der Waals surface area contributed by atoms with Crippen LogP contribution in [-0.2, 0) is 0 Å². The molecule has 0 saturated carbocycles. The molecule has 1 unspecified atom stereocenters. The van der Waals surface area contributed by atoms with Crippen LogP contribution in [0.2, 0.25) is 0 Å². The quantitative estimate of drug-likeness (QED) is 0.741. The Morgan fingerprint density at radius 2 is 2.36 bits per heavy atom. The van der Waals surface area contributed by atoms with E-state index in [9.17, 15) is 0 Å². The van der Waals surface area contributed by atoms with Crippen molar-refractivity contribution in [2.75, 3.05) is 0 Å². The lowest BCUT2D eigenvalue weighted by Gasteiger charge is -2.11. The van der Waals surface area contributed by atoms with Gasteiger partial charge in [0.15, 0.2) is 0 Å². The molecule has 0 aliphatic heterocycles. The molecule has 14 heavy (non-hydrogen) atoms. The highest BCUT2D eigenvalue weighted by molar-refractivity contribution is 5.17. The molecule has 76 valence electrons. The molecule has 0 aliphatic carbocycles. The fourth-order valence-electron chi connectivity index (χ4n) is 1.31. The van der Waals surface area contributed by atoms with E-state index in [0.29, 0.717) is 0 Å². The average Bonchev–Trinajstić information content (AvgIpc) is 2.14. The molecule has 0 aromatic carbocycles. The Labute approximate surface area is 85.9 Å². The van der Waals surface area contributed by atoms with Crippen LogP contribution in [0.4, 0.5) is 0 Å². The number of pyridine rings is 1. The predicted octanol–water partition coefficient (Wildman–Crippen LogP) is 2.75. The third kappa shape index (κ3) is 3.30. The topological polar surface area (TPSA) is 38.9 Å². The Morgan fingerprint density at radius 1 is 1.64 bits per heavy atom. The minimum Gasteiger partial charge on any atom is -0.323 e. The van der Waals surface area contributed by atoms with Crippen molar-refractivity contribution in [2.45, 2.75) is 32.7 Å². The molecule has 2 heteroatoms. The Hall–Kier alpha value is -1.15. The number of rotatable bonds is 4. The molecule has 0 aliphatic rings. The summed E-state index contributed by atoms with van der Waals surface area (Å²) in [5.41, 5.74) is 9.37. The van der Waals surface area contributed by atoms with E-state index in [1.54, 1.807) is 0 Å². The van der Waals surface area contributed by atoms with Gasteiger partial charge in [0.1, 0.15) is 0 Å². The van der Waals surface area contributed by atoms with Crippen molar-refractivity contribution < 1.29 is 0 Å². The first-order valence-electron chi connectivity index (χ1n) is 4.92. The molecule has 0 radical (unpaired) electrons. The van der Waals surface area contributed by atoms with Gasteiger partial charge in [-0.05, 0) is 44.4 Å². The van der Waals surface area contributed by atoms with Crippen molar-refractivity contribution in [3.8, 4) is 0 Å². The maximum Gasteiger partial charge on any atom is 0.0573 e. The highest BCUT2D eigenvalue weighted by Crippen LogP contribution is 2.16. The number of nitrogens with two attached hydrogens (primary N) is 1. The first kappa shape index (κ1) is 10.9. The van der Waals surface area contributed by atoms with Gasteiger partial charge in [-0.1, -0.05) is 5.57 Å². The van der Waals surface area contributed by atoms with E-state index < -0.39 is 0 Å². The zero-order chi connectivity index (χ0) is 10.6. The van der Waals surface area contributed by atoms with Crippen LogP contribution in [0, 0.1) is 6.92 Å². The minimum atomic E-state index is 0.0339. The monoisotopic (exact) mass is 190 g/mol. The van der Waals surface area contributed by atoms with E-state index in [-0.39, 0.29) is 6.04 Å². The Kier molecular flexibility index (Phi) is 3.84. The summed E-state index contributed by atoms with van der Waals surface area (Å²) in [6, 6.07) is 4.06. The van der Waals surface area contributed by atoms with Gasteiger partial charge in [0.2, 0.25) is 0 Å². The first-order chi connectivity index (χ1) is 6.59. The summed E-state index contributed by atoms with van der Waals surface area (Å²) >= 11 is 0. The van der Waals surface area contributed by atoms with Crippen molar-refractivity contribution in [1.29, 1.82) is 0 Å². The summed E-state index contributed by atoms with van der Waals surface area (Å²) in [4.78, 5) is 4.26. The van der Waals surface area contributed by atoms with E-state index in [1.165, 1.54) is 11.1 Å². The Bertz CT molecular complexity index is 318. The van der Waals surface area contributed by atoms with Crippen LogP contribution < -0.4 is 5.73 Å². The highest BCUT2D eigenvalue weighted by Gasteiger charge is 2.06. The molecule has 0 bridgehead atoms.